The van der Waals surface area contributed by atoms with Crippen molar-refractivity contribution in [3.63, 3.8) is 0 Å². The average Bonchev–Trinajstić information content (AvgIpc) is 3.35. The van der Waals surface area contributed by atoms with E-state index in [1.54, 1.807) is 18.0 Å². The van der Waals surface area contributed by atoms with Crippen molar-refractivity contribution in [3.05, 3.63) is 45.5 Å². The zero-order valence-corrected chi connectivity index (χ0v) is 23.0. The van der Waals surface area contributed by atoms with Gasteiger partial charge in [-0.15, -0.1) is 0 Å². The highest BCUT2D eigenvalue weighted by molar-refractivity contribution is 7.13. The van der Waals surface area contributed by atoms with Crippen LogP contribution in [0.4, 0.5) is 13.2 Å². The van der Waals surface area contributed by atoms with Crippen molar-refractivity contribution in [1.82, 2.24) is 20.1 Å². The summed E-state index contributed by atoms with van der Waals surface area (Å²) in [6, 6.07) is 5.54. The van der Waals surface area contributed by atoms with Gasteiger partial charge in [0, 0.05) is 56.1 Å². The van der Waals surface area contributed by atoms with Crippen molar-refractivity contribution in [2.24, 2.45) is 0 Å². The van der Waals surface area contributed by atoms with E-state index in [1.807, 2.05) is 12.1 Å². The van der Waals surface area contributed by atoms with E-state index in [4.69, 9.17) is 4.74 Å². The fourth-order valence-corrected chi connectivity index (χ4v) is 6.74. The zero-order valence-electron chi connectivity index (χ0n) is 22.2. The second-order valence-corrected chi connectivity index (χ2v) is 12.0. The lowest BCUT2D eigenvalue weighted by Gasteiger charge is -2.35. The van der Waals surface area contributed by atoms with Gasteiger partial charge in [-0.2, -0.15) is 0 Å². The molecule has 1 fully saturated rings. The lowest BCUT2D eigenvalue weighted by molar-refractivity contribution is -0.121. The molecule has 5 rings (SSSR count). The van der Waals surface area contributed by atoms with E-state index >= 15 is 4.39 Å². The molecule has 3 heterocycles. The zero-order chi connectivity index (χ0) is 27.6. The number of rotatable bonds is 9. The number of amides is 2. The largest absolute Gasteiger partial charge is 0.464 e. The quantitative estimate of drug-likeness (QED) is 0.495. The first-order valence-electron chi connectivity index (χ1n) is 13.6. The Hall–Kier alpha value is -2.66. The molecule has 3 aliphatic rings. The maximum atomic E-state index is 15.6. The third-order valence-electron chi connectivity index (χ3n) is 8.05. The first-order valence-corrected chi connectivity index (χ1v) is 14.5. The summed E-state index contributed by atoms with van der Waals surface area (Å²) in [5.41, 5.74) is 2.20. The van der Waals surface area contributed by atoms with Crippen molar-refractivity contribution in [3.8, 4) is 5.19 Å². The summed E-state index contributed by atoms with van der Waals surface area (Å²) in [4.78, 5) is 34.1. The molecule has 0 radical (unpaired) electrons. The van der Waals surface area contributed by atoms with Crippen LogP contribution in [-0.2, 0) is 30.6 Å². The van der Waals surface area contributed by atoms with E-state index in [2.05, 4.69) is 15.2 Å². The number of aromatic nitrogens is 1. The van der Waals surface area contributed by atoms with Gasteiger partial charge in [0.2, 0.25) is 5.91 Å². The van der Waals surface area contributed by atoms with Crippen molar-refractivity contribution in [2.45, 2.75) is 76.0 Å². The number of carbonyl (C=O) groups is 2. The summed E-state index contributed by atoms with van der Waals surface area (Å²) in [5, 5.41) is 3.38. The fourth-order valence-electron chi connectivity index (χ4n) is 5.79. The van der Waals surface area contributed by atoms with Gasteiger partial charge in [-0.05, 0) is 55.7 Å². The predicted octanol–water partition coefficient (Wildman–Crippen LogP) is 4.17. The molecule has 1 aromatic heterocycles. The number of benzene rings is 1. The smallest absolute Gasteiger partial charge is 0.273 e. The first kappa shape index (κ1) is 27.9. The molecule has 0 atom stereocenters. The summed E-state index contributed by atoms with van der Waals surface area (Å²) in [6.45, 7) is 2.12. The summed E-state index contributed by atoms with van der Waals surface area (Å²) < 4.78 is 45.5. The average molecular weight is 565 g/mol. The highest BCUT2D eigenvalue weighted by atomic mass is 32.1. The highest BCUT2D eigenvalue weighted by Crippen LogP contribution is 2.36. The second kappa shape index (κ2) is 11.8. The van der Waals surface area contributed by atoms with E-state index in [1.165, 1.54) is 11.3 Å². The number of alkyl halides is 3. The minimum Gasteiger partial charge on any atom is -0.464 e. The number of fused-ring (bicyclic) bond motifs is 2. The van der Waals surface area contributed by atoms with Crippen LogP contribution in [0.1, 0.15) is 64.2 Å². The Labute approximate surface area is 230 Å². The Kier molecular flexibility index (Phi) is 8.46. The number of hydrogen-bond acceptors (Lipinski definition) is 6. The number of nitrogens with zero attached hydrogens (tertiary/aromatic N) is 3. The van der Waals surface area contributed by atoms with Crippen LogP contribution >= 0.6 is 11.3 Å². The monoisotopic (exact) mass is 564 g/mol. The topological polar surface area (TPSA) is 74.8 Å². The number of hydrogen-bond donors (Lipinski definition) is 1. The molecular weight excluding hydrogens is 529 g/mol. The second-order valence-electron chi connectivity index (χ2n) is 11.0. The third-order valence-corrected chi connectivity index (χ3v) is 9.12. The Balaban J connectivity index is 1.03. The Morgan fingerprint density at radius 2 is 2.03 bits per heavy atom. The van der Waals surface area contributed by atoms with Crippen LogP contribution in [0.25, 0.3) is 0 Å². The van der Waals surface area contributed by atoms with Crippen LogP contribution in [0, 0.1) is 0 Å². The van der Waals surface area contributed by atoms with Gasteiger partial charge in [-0.25, -0.2) is 18.2 Å². The van der Waals surface area contributed by atoms with Crippen molar-refractivity contribution in [2.75, 3.05) is 33.3 Å². The number of ether oxygens (including phenoxy) is 1. The number of carbonyl (C=O) groups excluding carboxylic acids is 2. The van der Waals surface area contributed by atoms with Gasteiger partial charge in [0.05, 0.1) is 12.1 Å². The fraction of sp³-hybridized carbons (Fsp3) is 0.607. The van der Waals surface area contributed by atoms with Gasteiger partial charge < -0.3 is 19.9 Å². The molecule has 1 aromatic carbocycles. The molecule has 0 spiro atoms. The molecule has 0 unspecified atom stereocenters. The first-order chi connectivity index (χ1) is 18.7. The van der Waals surface area contributed by atoms with Crippen molar-refractivity contribution >= 4 is 23.2 Å². The molecule has 2 aromatic rings. The lowest BCUT2D eigenvalue weighted by Crippen LogP contribution is -2.43. The van der Waals surface area contributed by atoms with E-state index < -0.39 is 18.7 Å². The Bertz CT molecular complexity index is 1170. The summed E-state index contributed by atoms with van der Waals surface area (Å²) in [7, 11) is 1.77. The minimum atomic E-state index is -2.52. The van der Waals surface area contributed by atoms with Crippen LogP contribution in [0.3, 0.4) is 0 Å². The summed E-state index contributed by atoms with van der Waals surface area (Å²) in [5.74, 6) is -0.0617. The molecule has 0 bridgehead atoms. The standard InChI is InChI=1S/C28H35F3N4O3S/c1-34-16-19-14-18(2-3-21(19)26(34)37)15-25(36)32-20-4-8-28(31,9-5-20)10-13-35-11-6-22-23(7-12-35)39-27(33-22)38-17-24(29)30/h2-3,14,20,24H,4-13,15-17H2,1H3,(H,32,36). The lowest BCUT2D eigenvalue weighted by atomic mass is 9.81. The summed E-state index contributed by atoms with van der Waals surface area (Å²) in [6.07, 6.45) is 1.75. The molecule has 1 N–H and O–H groups in total. The van der Waals surface area contributed by atoms with E-state index in [9.17, 15) is 18.4 Å². The highest BCUT2D eigenvalue weighted by Gasteiger charge is 2.36. The van der Waals surface area contributed by atoms with Gasteiger partial charge >= 0.3 is 0 Å². The molecule has 212 valence electrons. The SMILES string of the molecule is CN1Cc2cc(CC(=O)NC3CCC(F)(CCN4CCc5nc(OCC(F)F)sc5CC4)CC3)ccc2C1=O. The number of thiazole rings is 1. The van der Waals surface area contributed by atoms with Gasteiger partial charge in [0.25, 0.3) is 17.5 Å². The summed E-state index contributed by atoms with van der Waals surface area (Å²) >= 11 is 1.33. The van der Waals surface area contributed by atoms with E-state index in [0.717, 1.165) is 41.2 Å². The molecule has 2 amide bonds. The Morgan fingerprint density at radius 3 is 2.79 bits per heavy atom. The van der Waals surface area contributed by atoms with Crippen LogP contribution in [-0.4, -0.2) is 78.0 Å². The van der Waals surface area contributed by atoms with Crippen LogP contribution < -0.4 is 10.1 Å². The van der Waals surface area contributed by atoms with Crippen LogP contribution in [0.2, 0.25) is 0 Å². The normalized spacial score (nSPS) is 23.5. The van der Waals surface area contributed by atoms with E-state index in [0.29, 0.717) is 62.4 Å². The van der Waals surface area contributed by atoms with Crippen LogP contribution in [0.15, 0.2) is 18.2 Å². The maximum Gasteiger partial charge on any atom is 0.273 e. The molecule has 39 heavy (non-hydrogen) atoms. The molecule has 1 aliphatic carbocycles. The molecule has 0 saturated heterocycles. The minimum absolute atomic E-state index is 0.0102. The third kappa shape index (κ3) is 6.92. The predicted molar refractivity (Wildman–Crippen MR) is 142 cm³/mol. The Morgan fingerprint density at radius 1 is 1.26 bits per heavy atom. The molecule has 2 aliphatic heterocycles. The van der Waals surface area contributed by atoms with Gasteiger partial charge in [0.15, 0.2) is 6.61 Å². The number of halogens is 3. The maximum absolute atomic E-state index is 15.6. The molecule has 11 heteroatoms. The molecule has 1 saturated carbocycles. The van der Waals surface area contributed by atoms with Crippen molar-refractivity contribution in [1.29, 1.82) is 0 Å². The van der Waals surface area contributed by atoms with Gasteiger partial charge in [-0.1, -0.05) is 23.5 Å². The number of nitrogens with one attached hydrogen (secondary N) is 1. The van der Waals surface area contributed by atoms with Crippen LogP contribution in [0.5, 0.6) is 5.19 Å². The van der Waals surface area contributed by atoms with Crippen molar-refractivity contribution < 1.29 is 27.5 Å². The van der Waals surface area contributed by atoms with E-state index in [-0.39, 0.29) is 24.3 Å². The van der Waals surface area contributed by atoms with Gasteiger partial charge in [0.1, 0.15) is 5.67 Å². The molecule has 7 nitrogen and oxygen atoms in total. The molecular formula is C28H35F3N4O3S. The van der Waals surface area contributed by atoms with Gasteiger partial charge in [-0.3, -0.25) is 9.59 Å².